The Kier molecular flexibility index (Phi) is 9.17. The molecule has 2 N–H and O–H groups in total. The van der Waals surface area contributed by atoms with Crippen LogP contribution in [0, 0.1) is 5.92 Å². The first-order valence-electron chi connectivity index (χ1n) is 10.2. The van der Waals surface area contributed by atoms with Crippen molar-refractivity contribution in [2.24, 2.45) is 11.7 Å². The molecule has 0 spiro atoms. The molecule has 0 bridgehead atoms. The van der Waals surface area contributed by atoms with Gasteiger partial charge in [0.25, 0.3) is 0 Å². The van der Waals surface area contributed by atoms with Crippen LogP contribution in [0.1, 0.15) is 62.4 Å². The second kappa shape index (κ2) is 10.8. The monoisotopic (exact) mass is 490 g/mol. The Morgan fingerprint density at radius 1 is 1.37 bits per heavy atom. The summed E-state index contributed by atoms with van der Waals surface area (Å²) in [7, 11) is -1.82. The van der Waals surface area contributed by atoms with E-state index < -0.39 is 14.4 Å². The fourth-order valence-electron chi connectivity index (χ4n) is 3.16. The summed E-state index contributed by atoms with van der Waals surface area (Å²) in [5, 5.41) is 1.10. The van der Waals surface area contributed by atoms with E-state index in [1.165, 1.54) is 11.8 Å². The van der Waals surface area contributed by atoms with Crippen LogP contribution < -0.4 is 5.73 Å². The number of ether oxygens (including phenoxy) is 2. The van der Waals surface area contributed by atoms with Gasteiger partial charge in [-0.15, -0.1) is 11.3 Å². The Labute approximate surface area is 194 Å². The number of nitrogens with two attached hydrogens (primary N) is 1. The molecule has 1 fully saturated rings. The second-order valence-electron chi connectivity index (χ2n) is 9.18. The van der Waals surface area contributed by atoms with Gasteiger partial charge in [-0.25, -0.2) is 9.78 Å². The van der Waals surface area contributed by atoms with Gasteiger partial charge in [-0.1, -0.05) is 32.5 Å². The van der Waals surface area contributed by atoms with Gasteiger partial charge >= 0.3 is 6.09 Å². The minimum Gasteiger partial charge on any atom is -0.468 e. The van der Waals surface area contributed by atoms with Crippen molar-refractivity contribution in [1.29, 1.82) is 0 Å². The molecule has 1 aliphatic rings. The quantitative estimate of drug-likeness (QED) is 0.369. The molecule has 10 heteroatoms. The molecule has 0 saturated heterocycles. The van der Waals surface area contributed by atoms with E-state index in [9.17, 15) is 4.79 Å². The number of thiocarbonyl (C=S) groups is 1. The number of thiazole rings is 1. The first-order chi connectivity index (χ1) is 13.9. The Morgan fingerprint density at radius 3 is 2.53 bits per heavy atom. The van der Waals surface area contributed by atoms with Crippen LogP contribution in [-0.4, -0.2) is 36.1 Å². The van der Waals surface area contributed by atoms with E-state index in [-0.39, 0.29) is 23.2 Å². The molecule has 0 aliphatic heterocycles. The van der Waals surface area contributed by atoms with Crippen LogP contribution in [0.15, 0.2) is 6.20 Å². The molecular formula is C20H34N2O4S3Si. The van der Waals surface area contributed by atoms with Gasteiger partial charge in [0.2, 0.25) is 4.38 Å². The maximum atomic E-state index is 11.0. The summed E-state index contributed by atoms with van der Waals surface area (Å²) < 4.78 is 18.2. The molecule has 1 aromatic heterocycles. The van der Waals surface area contributed by atoms with E-state index in [0.717, 1.165) is 35.6 Å². The van der Waals surface area contributed by atoms with E-state index in [0.29, 0.717) is 11.0 Å². The Morgan fingerprint density at radius 2 is 2.00 bits per heavy atom. The van der Waals surface area contributed by atoms with E-state index in [2.05, 4.69) is 38.8 Å². The standard InChI is InChI=1S/C20H34N2O4S3Si/c1-20(2,3)30(5,6)24-12-15-11-22-17(29-15)16(26-19(27)28-4)13-7-9-14(10-8-13)25-18(21)23/h11,13-14,16H,7-10,12H2,1-6H3,(H2,21,23). The largest absolute Gasteiger partial charge is 0.468 e. The van der Waals surface area contributed by atoms with E-state index in [4.69, 9.17) is 31.9 Å². The van der Waals surface area contributed by atoms with Crippen LogP contribution in [0.3, 0.4) is 0 Å². The van der Waals surface area contributed by atoms with E-state index in [1.54, 1.807) is 11.3 Å². The van der Waals surface area contributed by atoms with Gasteiger partial charge in [0.1, 0.15) is 11.1 Å². The first-order valence-corrected chi connectivity index (χ1v) is 15.6. The summed E-state index contributed by atoms with van der Waals surface area (Å²) in [6, 6.07) is 0. The molecule has 6 nitrogen and oxygen atoms in total. The number of rotatable bonds is 7. The molecule has 30 heavy (non-hydrogen) atoms. The van der Waals surface area contributed by atoms with Crippen molar-refractivity contribution in [3.05, 3.63) is 16.1 Å². The fraction of sp³-hybridized carbons (Fsp3) is 0.750. The van der Waals surface area contributed by atoms with Gasteiger partial charge in [-0.05, 0) is 62.3 Å². The van der Waals surface area contributed by atoms with Crippen LogP contribution in [-0.2, 0) is 20.5 Å². The number of thioether (sulfide) groups is 1. The zero-order chi connectivity index (χ0) is 22.5. The molecule has 0 aromatic carbocycles. The number of carbonyl (C=O) groups excluding carboxylic acids is 1. The summed E-state index contributed by atoms with van der Waals surface area (Å²) >= 11 is 8.40. The van der Waals surface area contributed by atoms with Crippen LogP contribution in [0.25, 0.3) is 0 Å². The lowest BCUT2D eigenvalue weighted by Crippen LogP contribution is -2.40. The Balaban J connectivity index is 2.07. The summed E-state index contributed by atoms with van der Waals surface area (Å²) in [6.07, 6.45) is 6.08. The van der Waals surface area contributed by atoms with Crippen molar-refractivity contribution in [3.8, 4) is 0 Å². The maximum absolute atomic E-state index is 11.0. The van der Waals surface area contributed by atoms with Gasteiger partial charge in [0, 0.05) is 17.0 Å². The Hall–Kier alpha value is -0.683. The third kappa shape index (κ3) is 7.18. The average molecular weight is 491 g/mol. The zero-order valence-electron chi connectivity index (χ0n) is 18.7. The summed E-state index contributed by atoms with van der Waals surface area (Å²) in [6.45, 7) is 11.8. The van der Waals surface area contributed by atoms with Gasteiger partial charge in [0.05, 0.1) is 6.61 Å². The van der Waals surface area contributed by atoms with Crippen LogP contribution in [0.5, 0.6) is 0 Å². The van der Waals surface area contributed by atoms with Crippen LogP contribution in [0.2, 0.25) is 18.1 Å². The summed E-state index contributed by atoms with van der Waals surface area (Å²) in [4.78, 5) is 16.8. The van der Waals surface area contributed by atoms with Crippen molar-refractivity contribution in [2.45, 2.75) is 83.4 Å². The number of hydrogen-bond donors (Lipinski definition) is 1. The highest BCUT2D eigenvalue weighted by Crippen LogP contribution is 2.41. The SMILES string of the molecule is CSC(=S)OC(c1ncc(CO[Si](C)(C)C(C)(C)C)s1)C1CCC(OC(N)=O)CC1. The molecule has 1 saturated carbocycles. The molecule has 1 atom stereocenters. The number of amides is 1. The van der Waals surface area contributed by atoms with E-state index >= 15 is 0 Å². The number of aromatic nitrogens is 1. The third-order valence-electron chi connectivity index (χ3n) is 6.02. The number of carbonyl (C=O) groups is 1. The second-order valence-corrected chi connectivity index (χ2v) is 16.5. The van der Waals surface area contributed by atoms with Crippen molar-refractivity contribution in [3.63, 3.8) is 0 Å². The van der Waals surface area contributed by atoms with Crippen molar-refractivity contribution >= 4 is 54.1 Å². The molecule has 0 radical (unpaired) electrons. The minimum absolute atomic E-state index is 0.114. The molecule has 1 unspecified atom stereocenters. The first kappa shape index (κ1) is 25.6. The van der Waals surface area contributed by atoms with Crippen LogP contribution in [0.4, 0.5) is 4.79 Å². The number of hydrogen-bond acceptors (Lipinski definition) is 8. The maximum Gasteiger partial charge on any atom is 0.404 e. The highest BCUT2D eigenvalue weighted by molar-refractivity contribution is 8.22. The van der Waals surface area contributed by atoms with Crippen molar-refractivity contribution in [2.75, 3.05) is 6.26 Å². The highest BCUT2D eigenvalue weighted by atomic mass is 32.2. The van der Waals surface area contributed by atoms with Gasteiger partial charge in [-0.2, -0.15) is 0 Å². The fourth-order valence-corrected chi connectivity index (χ4v) is 5.47. The van der Waals surface area contributed by atoms with Crippen LogP contribution >= 0.6 is 35.3 Å². The average Bonchev–Trinajstić information content (AvgIpc) is 3.12. The topological polar surface area (TPSA) is 83.7 Å². The highest BCUT2D eigenvalue weighted by Gasteiger charge is 2.37. The molecule has 170 valence electrons. The van der Waals surface area contributed by atoms with Gasteiger partial charge in [0.15, 0.2) is 14.4 Å². The number of primary amides is 1. The van der Waals surface area contributed by atoms with Crippen molar-refractivity contribution < 1.29 is 18.7 Å². The lowest BCUT2D eigenvalue weighted by molar-refractivity contribution is 0.0382. The molecule has 2 rings (SSSR count). The lowest BCUT2D eigenvalue weighted by atomic mass is 9.84. The smallest absolute Gasteiger partial charge is 0.404 e. The summed E-state index contributed by atoms with van der Waals surface area (Å²) in [5.41, 5.74) is 5.16. The minimum atomic E-state index is -1.82. The Bertz CT molecular complexity index is 728. The third-order valence-corrected chi connectivity index (χ3v) is 12.6. The predicted molar refractivity (Wildman–Crippen MR) is 130 cm³/mol. The zero-order valence-corrected chi connectivity index (χ0v) is 22.2. The normalized spacial score (nSPS) is 21.1. The lowest BCUT2D eigenvalue weighted by Gasteiger charge is -2.35. The van der Waals surface area contributed by atoms with Gasteiger partial charge < -0.3 is 19.6 Å². The number of nitrogens with zero attached hydrogens (tertiary/aromatic N) is 1. The van der Waals surface area contributed by atoms with E-state index in [1.807, 2.05) is 12.5 Å². The molecule has 1 heterocycles. The van der Waals surface area contributed by atoms with Gasteiger partial charge in [-0.3, -0.25) is 0 Å². The molecule has 1 aliphatic carbocycles. The molecule has 1 amide bonds. The summed E-state index contributed by atoms with van der Waals surface area (Å²) in [5.74, 6) is 0.267. The predicted octanol–water partition coefficient (Wildman–Crippen LogP) is 6.02. The van der Waals surface area contributed by atoms with Crippen molar-refractivity contribution in [1.82, 2.24) is 4.98 Å². The molecule has 1 aromatic rings. The molecular weight excluding hydrogens is 457 g/mol.